The number of allylic oxidation sites excluding steroid dienone is 1. The Hall–Kier alpha value is -2.26. The lowest BCUT2D eigenvalue weighted by molar-refractivity contribution is 0.304. The van der Waals surface area contributed by atoms with Crippen molar-refractivity contribution in [2.45, 2.75) is 70.6 Å². The van der Waals surface area contributed by atoms with Gasteiger partial charge in [-0.25, -0.2) is 0 Å². The number of benzene rings is 2. The molecule has 0 amide bonds. The molecule has 28 heavy (non-hydrogen) atoms. The molecule has 0 aromatic heterocycles. The van der Waals surface area contributed by atoms with Crippen LogP contribution >= 0.6 is 0 Å². The van der Waals surface area contributed by atoms with Crippen molar-refractivity contribution in [3.63, 3.8) is 0 Å². The minimum atomic E-state index is 0.753. The van der Waals surface area contributed by atoms with Crippen LogP contribution in [-0.4, -0.2) is 0 Å². The predicted molar refractivity (Wildman–Crippen MR) is 122 cm³/mol. The molecule has 0 radical (unpaired) electrons. The Morgan fingerprint density at radius 1 is 0.893 bits per heavy atom. The van der Waals surface area contributed by atoms with E-state index in [0.29, 0.717) is 0 Å². The number of unbranched alkanes of at least 4 members (excludes halogenated alkanes) is 1. The van der Waals surface area contributed by atoms with Crippen LogP contribution in [0.1, 0.15) is 86.5 Å². The van der Waals surface area contributed by atoms with Gasteiger partial charge in [-0.05, 0) is 85.8 Å². The number of aryl methyl sites for hydroxylation is 1. The normalized spacial score (nSPS) is 18.9. The third-order valence-corrected chi connectivity index (χ3v) is 6.14. The van der Waals surface area contributed by atoms with E-state index in [4.69, 9.17) is 0 Å². The Morgan fingerprint density at radius 3 is 2.07 bits per heavy atom. The van der Waals surface area contributed by atoms with Gasteiger partial charge in [-0.2, -0.15) is 0 Å². The SMILES string of the molecule is C=CCCc1ccc(C#Cc2ccc(C3CCC(CCCC)CC3)cc2)cc1. The molecule has 0 saturated heterocycles. The lowest BCUT2D eigenvalue weighted by atomic mass is 9.77. The van der Waals surface area contributed by atoms with Crippen molar-refractivity contribution in [1.82, 2.24) is 0 Å². The van der Waals surface area contributed by atoms with Crippen LogP contribution in [-0.2, 0) is 6.42 Å². The topological polar surface area (TPSA) is 0 Å². The van der Waals surface area contributed by atoms with Crippen LogP contribution in [0.5, 0.6) is 0 Å². The first-order valence-corrected chi connectivity index (χ1v) is 11.1. The lowest BCUT2D eigenvalue weighted by Gasteiger charge is -2.28. The second kappa shape index (κ2) is 10.9. The van der Waals surface area contributed by atoms with E-state index in [9.17, 15) is 0 Å². The molecule has 1 fully saturated rings. The molecule has 1 aliphatic carbocycles. The molecule has 2 aromatic carbocycles. The molecule has 0 atom stereocenters. The van der Waals surface area contributed by atoms with Crippen LogP contribution in [0.4, 0.5) is 0 Å². The van der Waals surface area contributed by atoms with Gasteiger partial charge in [0.25, 0.3) is 0 Å². The van der Waals surface area contributed by atoms with Crippen LogP contribution in [0, 0.1) is 17.8 Å². The minimum Gasteiger partial charge on any atom is -0.103 e. The summed E-state index contributed by atoms with van der Waals surface area (Å²) in [4.78, 5) is 0. The molecular formula is C28H34. The summed E-state index contributed by atoms with van der Waals surface area (Å²) in [5.41, 5.74) is 5.04. The molecule has 3 rings (SSSR count). The van der Waals surface area contributed by atoms with Gasteiger partial charge >= 0.3 is 0 Å². The van der Waals surface area contributed by atoms with Gasteiger partial charge in [-0.1, -0.05) is 68.4 Å². The predicted octanol–water partition coefficient (Wildman–Crippen LogP) is 7.67. The van der Waals surface area contributed by atoms with Crippen LogP contribution in [0.3, 0.4) is 0 Å². The zero-order chi connectivity index (χ0) is 19.6. The van der Waals surface area contributed by atoms with Gasteiger partial charge in [0.15, 0.2) is 0 Å². The standard InChI is InChI=1S/C28H34/c1-3-5-7-23-9-11-25(12-10-23)13-14-26-17-21-28(22-18-26)27-19-15-24(16-20-27)8-6-4-2/h3,9-12,17-18,21-22,24,27H,1,4-8,15-16,19-20H2,2H3. The molecule has 0 unspecified atom stereocenters. The highest BCUT2D eigenvalue weighted by Crippen LogP contribution is 2.37. The van der Waals surface area contributed by atoms with E-state index in [-0.39, 0.29) is 0 Å². The van der Waals surface area contributed by atoms with E-state index in [1.807, 2.05) is 6.08 Å². The first kappa shape index (κ1) is 20.5. The Labute approximate surface area is 172 Å². The van der Waals surface area contributed by atoms with Crippen molar-refractivity contribution < 1.29 is 0 Å². The summed E-state index contributed by atoms with van der Waals surface area (Å²) in [6.45, 7) is 6.08. The fraction of sp³-hybridized carbons (Fsp3) is 0.429. The van der Waals surface area contributed by atoms with E-state index in [1.165, 1.54) is 56.1 Å². The molecule has 0 heterocycles. The molecule has 0 aliphatic heterocycles. The van der Waals surface area contributed by atoms with Gasteiger partial charge in [-0.3, -0.25) is 0 Å². The van der Waals surface area contributed by atoms with E-state index in [2.05, 4.69) is 73.9 Å². The molecule has 1 saturated carbocycles. The molecule has 0 spiro atoms. The van der Waals surface area contributed by atoms with Crippen molar-refractivity contribution in [3.05, 3.63) is 83.4 Å². The Kier molecular flexibility index (Phi) is 7.98. The lowest BCUT2D eigenvalue weighted by Crippen LogP contribution is -2.13. The van der Waals surface area contributed by atoms with Gasteiger partial charge in [0.05, 0.1) is 0 Å². The Balaban J connectivity index is 1.54. The van der Waals surface area contributed by atoms with Gasteiger partial charge in [0.2, 0.25) is 0 Å². The monoisotopic (exact) mass is 370 g/mol. The van der Waals surface area contributed by atoms with E-state index in [0.717, 1.165) is 35.8 Å². The van der Waals surface area contributed by atoms with Gasteiger partial charge < -0.3 is 0 Å². The average Bonchev–Trinajstić information content (AvgIpc) is 2.76. The summed E-state index contributed by atoms with van der Waals surface area (Å²) in [7, 11) is 0. The molecule has 0 heteroatoms. The highest BCUT2D eigenvalue weighted by molar-refractivity contribution is 5.44. The molecule has 0 nitrogen and oxygen atoms in total. The first-order valence-electron chi connectivity index (χ1n) is 11.1. The van der Waals surface area contributed by atoms with E-state index < -0.39 is 0 Å². The van der Waals surface area contributed by atoms with Crippen molar-refractivity contribution >= 4 is 0 Å². The summed E-state index contributed by atoms with van der Waals surface area (Å²) < 4.78 is 0. The second-order valence-corrected chi connectivity index (χ2v) is 8.26. The van der Waals surface area contributed by atoms with Crippen LogP contribution in [0.25, 0.3) is 0 Å². The summed E-state index contributed by atoms with van der Waals surface area (Å²) in [6, 6.07) is 17.6. The van der Waals surface area contributed by atoms with Gasteiger partial charge in [0.1, 0.15) is 0 Å². The second-order valence-electron chi connectivity index (χ2n) is 8.26. The first-order chi connectivity index (χ1) is 13.8. The highest BCUT2D eigenvalue weighted by Gasteiger charge is 2.21. The third kappa shape index (κ3) is 6.13. The van der Waals surface area contributed by atoms with Gasteiger partial charge in [-0.15, -0.1) is 6.58 Å². The van der Waals surface area contributed by atoms with Crippen molar-refractivity contribution in [2.75, 3.05) is 0 Å². The maximum atomic E-state index is 3.78. The zero-order valence-corrected chi connectivity index (χ0v) is 17.4. The Bertz CT molecular complexity index is 775. The quantitative estimate of drug-likeness (QED) is 0.346. The largest absolute Gasteiger partial charge is 0.103 e. The zero-order valence-electron chi connectivity index (χ0n) is 17.4. The maximum absolute atomic E-state index is 3.78. The molecule has 2 aromatic rings. The fourth-order valence-electron chi connectivity index (χ4n) is 4.28. The minimum absolute atomic E-state index is 0.753. The van der Waals surface area contributed by atoms with E-state index in [1.54, 1.807) is 0 Å². The van der Waals surface area contributed by atoms with Crippen LogP contribution in [0.15, 0.2) is 61.2 Å². The summed E-state index contributed by atoms with van der Waals surface area (Å²) in [5.74, 6) is 8.35. The van der Waals surface area contributed by atoms with Crippen molar-refractivity contribution in [2.24, 2.45) is 5.92 Å². The molecular weight excluding hydrogens is 336 g/mol. The molecule has 0 N–H and O–H groups in total. The van der Waals surface area contributed by atoms with Crippen LogP contribution in [0.2, 0.25) is 0 Å². The van der Waals surface area contributed by atoms with E-state index >= 15 is 0 Å². The number of hydrogen-bond acceptors (Lipinski definition) is 0. The molecule has 0 bridgehead atoms. The maximum Gasteiger partial charge on any atom is 0.0249 e. The fourth-order valence-corrected chi connectivity index (χ4v) is 4.28. The van der Waals surface area contributed by atoms with Crippen molar-refractivity contribution in [1.29, 1.82) is 0 Å². The summed E-state index contributed by atoms with van der Waals surface area (Å²) in [5, 5.41) is 0. The third-order valence-electron chi connectivity index (χ3n) is 6.14. The smallest absolute Gasteiger partial charge is 0.0249 e. The highest BCUT2D eigenvalue weighted by atomic mass is 14.3. The summed E-state index contributed by atoms with van der Waals surface area (Å²) in [6.07, 6.45) is 13.8. The number of rotatable bonds is 7. The Morgan fingerprint density at radius 2 is 1.50 bits per heavy atom. The summed E-state index contributed by atoms with van der Waals surface area (Å²) >= 11 is 0. The number of hydrogen-bond donors (Lipinski definition) is 0. The average molecular weight is 371 g/mol. The molecule has 1 aliphatic rings. The van der Waals surface area contributed by atoms with Crippen LogP contribution < -0.4 is 0 Å². The van der Waals surface area contributed by atoms with Crippen molar-refractivity contribution in [3.8, 4) is 11.8 Å². The molecule has 146 valence electrons. The van der Waals surface area contributed by atoms with Gasteiger partial charge in [0, 0.05) is 11.1 Å².